The lowest BCUT2D eigenvalue weighted by Crippen LogP contribution is -2.38. The molecule has 0 radical (unpaired) electrons. The van der Waals surface area contributed by atoms with Crippen molar-refractivity contribution < 1.29 is 13.2 Å². The van der Waals surface area contributed by atoms with Crippen LogP contribution in [0.3, 0.4) is 0 Å². The smallest absolute Gasteiger partial charge is 0.235 e. The van der Waals surface area contributed by atoms with Gasteiger partial charge in [0.25, 0.3) is 0 Å². The van der Waals surface area contributed by atoms with Gasteiger partial charge < -0.3 is 10.6 Å². The Morgan fingerprint density at radius 1 is 1.41 bits per heavy atom. The number of carbonyl (C=O) groups is 1. The molecule has 1 aliphatic rings. The SMILES string of the molecule is CCCNC(=O)CS(=O)(=O)C(C)CNC1CC1. The molecular weight excluding hydrogens is 240 g/mol. The zero-order valence-electron chi connectivity index (χ0n) is 10.5. The lowest BCUT2D eigenvalue weighted by molar-refractivity contribution is -0.118. The second-order valence-electron chi connectivity index (χ2n) is 4.65. The van der Waals surface area contributed by atoms with Gasteiger partial charge in [-0.05, 0) is 26.2 Å². The number of rotatable bonds is 8. The normalized spacial score (nSPS) is 17.8. The molecule has 1 rings (SSSR count). The van der Waals surface area contributed by atoms with E-state index in [4.69, 9.17) is 0 Å². The maximum Gasteiger partial charge on any atom is 0.235 e. The topological polar surface area (TPSA) is 75.3 Å². The van der Waals surface area contributed by atoms with E-state index in [-0.39, 0.29) is 0 Å². The van der Waals surface area contributed by atoms with Crippen molar-refractivity contribution in [2.45, 2.75) is 44.4 Å². The van der Waals surface area contributed by atoms with Crippen molar-refractivity contribution >= 4 is 15.7 Å². The molecule has 1 atom stereocenters. The summed E-state index contributed by atoms with van der Waals surface area (Å²) in [5.41, 5.74) is 0. The number of nitrogens with one attached hydrogen (secondary N) is 2. The maximum atomic E-state index is 11.8. The summed E-state index contributed by atoms with van der Waals surface area (Å²) in [5, 5.41) is 5.25. The summed E-state index contributed by atoms with van der Waals surface area (Å²) in [4.78, 5) is 11.4. The summed E-state index contributed by atoms with van der Waals surface area (Å²) in [7, 11) is -3.33. The van der Waals surface area contributed by atoms with Crippen molar-refractivity contribution in [1.29, 1.82) is 0 Å². The first-order valence-electron chi connectivity index (χ1n) is 6.17. The molecule has 1 aliphatic carbocycles. The molecular formula is C11H22N2O3S. The van der Waals surface area contributed by atoms with Gasteiger partial charge in [-0.1, -0.05) is 6.92 Å². The lowest BCUT2D eigenvalue weighted by Gasteiger charge is -2.13. The molecule has 1 saturated carbocycles. The highest BCUT2D eigenvalue weighted by Gasteiger charge is 2.27. The van der Waals surface area contributed by atoms with E-state index >= 15 is 0 Å². The minimum absolute atomic E-state index is 0.398. The Balaban J connectivity index is 2.34. The molecule has 0 aromatic heterocycles. The van der Waals surface area contributed by atoms with Gasteiger partial charge >= 0.3 is 0 Å². The molecule has 0 spiro atoms. The number of carbonyl (C=O) groups excluding carboxylic acids is 1. The predicted molar refractivity (Wildman–Crippen MR) is 67.6 cm³/mol. The molecule has 5 nitrogen and oxygen atoms in total. The van der Waals surface area contributed by atoms with E-state index < -0.39 is 26.7 Å². The Morgan fingerprint density at radius 3 is 2.59 bits per heavy atom. The van der Waals surface area contributed by atoms with Crippen molar-refractivity contribution in [1.82, 2.24) is 10.6 Å². The van der Waals surface area contributed by atoms with Crippen LogP contribution in [0.5, 0.6) is 0 Å². The van der Waals surface area contributed by atoms with Gasteiger partial charge in [0, 0.05) is 19.1 Å². The van der Waals surface area contributed by atoms with Crippen LogP contribution in [-0.2, 0) is 14.6 Å². The van der Waals surface area contributed by atoms with Gasteiger partial charge in [-0.15, -0.1) is 0 Å². The van der Waals surface area contributed by atoms with Gasteiger partial charge in [0.05, 0.1) is 5.25 Å². The van der Waals surface area contributed by atoms with Gasteiger partial charge in [-0.25, -0.2) is 8.42 Å². The molecule has 0 aliphatic heterocycles. The van der Waals surface area contributed by atoms with Crippen LogP contribution in [0, 0.1) is 0 Å². The van der Waals surface area contributed by atoms with Gasteiger partial charge in [0.1, 0.15) is 5.75 Å². The third-order valence-corrected chi connectivity index (χ3v) is 4.85. The minimum Gasteiger partial charge on any atom is -0.355 e. The van der Waals surface area contributed by atoms with Crippen molar-refractivity contribution in [3.8, 4) is 0 Å². The first kappa shape index (κ1) is 14.4. The molecule has 1 fully saturated rings. The molecule has 6 heteroatoms. The van der Waals surface area contributed by atoms with E-state index in [1.165, 1.54) is 0 Å². The van der Waals surface area contributed by atoms with Crippen LogP contribution in [0.2, 0.25) is 0 Å². The Morgan fingerprint density at radius 2 is 2.06 bits per heavy atom. The van der Waals surface area contributed by atoms with Gasteiger partial charge in [0.15, 0.2) is 9.84 Å². The zero-order valence-corrected chi connectivity index (χ0v) is 11.3. The molecule has 0 aromatic carbocycles. The van der Waals surface area contributed by atoms with Crippen LogP contribution < -0.4 is 10.6 Å². The molecule has 0 bridgehead atoms. The number of hydrogen-bond donors (Lipinski definition) is 2. The molecule has 1 amide bonds. The van der Waals surface area contributed by atoms with Crippen molar-refractivity contribution in [3.05, 3.63) is 0 Å². The minimum atomic E-state index is -3.33. The standard InChI is InChI=1S/C11H22N2O3S/c1-3-6-12-11(14)8-17(15,16)9(2)7-13-10-4-5-10/h9-10,13H,3-8H2,1-2H3,(H,12,14). The van der Waals surface area contributed by atoms with Crippen LogP contribution in [0.25, 0.3) is 0 Å². The molecule has 100 valence electrons. The summed E-state index contributed by atoms with van der Waals surface area (Å²) < 4.78 is 23.7. The first-order chi connectivity index (χ1) is 7.95. The molecule has 0 heterocycles. The monoisotopic (exact) mass is 262 g/mol. The van der Waals surface area contributed by atoms with Gasteiger partial charge in [0.2, 0.25) is 5.91 Å². The first-order valence-corrected chi connectivity index (χ1v) is 7.89. The van der Waals surface area contributed by atoms with Gasteiger partial charge in [-0.2, -0.15) is 0 Å². The number of amides is 1. The van der Waals surface area contributed by atoms with Crippen molar-refractivity contribution in [2.24, 2.45) is 0 Å². The zero-order chi connectivity index (χ0) is 12.9. The summed E-state index contributed by atoms with van der Waals surface area (Å²) >= 11 is 0. The van der Waals surface area contributed by atoms with Crippen LogP contribution in [0.4, 0.5) is 0 Å². The van der Waals surface area contributed by atoms with Crippen LogP contribution >= 0.6 is 0 Å². The average molecular weight is 262 g/mol. The Kier molecular flexibility index (Phi) is 5.39. The lowest BCUT2D eigenvalue weighted by atomic mass is 10.4. The van der Waals surface area contributed by atoms with E-state index in [2.05, 4.69) is 10.6 Å². The molecule has 0 aromatic rings. The predicted octanol–water partition coefficient (Wildman–Crippen LogP) is 0.0679. The highest BCUT2D eigenvalue weighted by Crippen LogP contribution is 2.18. The van der Waals surface area contributed by atoms with E-state index in [0.29, 0.717) is 19.1 Å². The number of hydrogen-bond acceptors (Lipinski definition) is 4. The van der Waals surface area contributed by atoms with Gasteiger partial charge in [-0.3, -0.25) is 4.79 Å². The highest BCUT2D eigenvalue weighted by molar-refractivity contribution is 7.92. The summed E-state index contributed by atoms with van der Waals surface area (Å²) in [5.74, 6) is -0.800. The Bertz CT molecular complexity index is 350. The second kappa shape index (κ2) is 6.35. The average Bonchev–Trinajstić information content (AvgIpc) is 3.06. The van der Waals surface area contributed by atoms with Crippen LogP contribution in [0.15, 0.2) is 0 Å². The highest BCUT2D eigenvalue weighted by atomic mass is 32.2. The second-order valence-corrected chi connectivity index (χ2v) is 7.07. The largest absolute Gasteiger partial charge is 0.355 e. The van der Waals surface area contributed by atoms with Crippen molar-refractivity contribution in [3.63, 3.8) is 0 Å². The summed E-state index contributed by atoms with van der Waals surface area (Å²) in [6.07, 6.45) is 3.07. The third-order valence-electron chi connectivity index (χ3n) is 2.79. The van der Waals surface area contributed by atoms with E-state index in [9.17, 15) is 13.2 Å². The molecule has 2 N–H and O–H groups in total. The Hall–Kier alpha value is -0.620. The molecule has 0 saturated heterocycles. The van der Waals surface area contributed by atoms with Crippen molar-refractivity contribution in [2.75, 3.05) is 18.8 Å². The van der Waals surface area contributed by atoms with Crippen LogP contribution in [0.1, 0.15) is 33.1 Å². The fourth-order valence-corrected chi connectivity index (χ4v) is 2.49. The fourth-order valence-electron chi connectivity index (χ4n) is 1.39. The quantitative estimate of drug-likeness (QED) is 0.649. The summed E-state index contributed by atoms with van der Waals surface area (Å²) in [6.45, 7) is 4.55. The third kappa shape index (κ3) is 5.50. The Labute approximate surface area is 103 Å². The van der Waals surface area contributed by atoms with E-state index in [0.717, 1.165) is 19.3 Å². The maximum absolute atomic E-state index is 11.8. The van der Waals surface area contributed by atoms with E-state index in [1.54, 1.807) is 6.92 Å². The molecule has 17 heavy (non-hydrogen) atoms. The number of sulfone groups is 1. The van der Waals surface area contributed by atoms with E-state index in [1.807, 2.05) is 6.92 Å². The van der Waals surface area contributed by atoms with Crippen LogP contribution in [-0.4, -0.2) is 44.5 Å². The fraction of sp³-hybridized carbons (Fsp3) is 0.909. The summed E-state index contributed by atoms with van der Waals surface area (Å²) in [6, 6.07) is 0.488. The molecule has 1 unspecified atom stereocenters.